The monoisotopic (exact) mass is 259 g/mol. The van der Waals surface area contributed by atoms with Crippen molar-refractivity contribution in [3.8, 4) is 0 Å². The summed E-state index contributed by atoms with van der Waals surface area (Å²) in [6, 6.07) is 4.40. The van der Waals surface area contributed by atoms with Crippen LogP contribution in [0.5, 0.6) is 0 Å². The number of aromatic amines is 1. The zero-order chi connectivity index (χ0) is 11.5. The molecular formula is C14H13NS2. The maximum absolute atomic E-state index is 3.54. The van der Waals surface area contributed by atoms with E-state index in [-0.39, 0.29) is 21.0 Å². The van der Waals surface area contributed by atoms with Gasteiger partial charge in [0.05, 0.1) is 10.1 Å². The van der Waals surface area contributed by atoms with Gasteiger partial charge < -0.3 is 4.98 Å². The van der Waals surface area contributed by atoms with Crippen molar-refractivity contribution in [2.45, 2.75) is 10.1 Å². The molecule has 0 bridgehead atoms. The molecule has 1 nitrogen and oxygen atoms in total. The number of nitrogens with one attached hydrogen (secondary N) is 1. The Morgan fingerprint density at radius 2 is 1.18 bits per heavy atom. The van der Waals surface area contributed by atoms with E-state index in [4.69, 9.17) is 0 Å². The molecule has 17 heavy (non-hydrogen) atoms. The van der Waals surface area contributed by atoms with E-state index < -0.39 is 0 Å². The number of hydrogen-bond donors (Lipinski definition) is 1. The van der Waals surface area contributed by atoms with E-state index >= 15 is 0 Å². The highest BCUT2D eigenvalue weighted by atomic mass is 32.2. The van der Waals surface area contributed by atoms with Gasteiger partial charge in [-0.1, -0.05) is 36.5 Å². The minimum absolute atomic E-state index is 0.109. The molecule has 0 radical (unpaired) electrons. The van der Waals surface area contributed by atoms with Gasteiger partial charge in [-0.25, -0.2) is 0 Å². The normalized spacial score (nSPS) is 25.6. The first-order chi connectivity index (χ1) is 8.43. The fourth-order valence-electron chi connectivity index (χ4n) is 1.66. The summed E-state index contributed by atoms with van der Waals surface area (Å²) in [5.74, 6) is 0. The lowest BCUT2D eigenvalue weighted by Crippen LogP contribution is -1.81. The van der Waals surface area contributed by atoms with Crippen LogP contribution in [0.25, 0.3) is 0 Å². The van der Waals surface area contributed by atoms with E-state index in [1.54, 1.807) is 0 Å². The molecular weight excluding hydrogens is 246 g/mol. The van der Waals surface area contributed by atoms with Crippen LogP contribution in [0.3, 0.4) is 0 Å². The summed E-state index contributed by atoms with van der Waals surface area (Å²) in [7, 11) is 0.218. The summed E-state index contributed by atoms with van der Waals surface area (Å²) in [5, 5.41) is 11.5. The van der Waals surface area contributed by atoms with Gasteiger partial charge in [-0.05, 0) is 33.7 Å². The molecule has 0 saturated carbocycles. The van der Waals surface area contributed by atoms with Crippen molar-refractivity contribution in [2.75, 3.05) is 0 Å². The highest BCUT2D eigenvalue weighted by molar-refractivity contribution is 8.18. The molecule has 86 valence electrons. The van der Waals surface area contributed by atoms with E-state index in [9.17, 15) is 0 Å². The van der Waals surface area contributed by atoms with Crippen LogP contribution in [0.4, 0.5) is 0 Å². The molecule has 0 spiro atoms. The zero-order valence-electron chi connectivity index (χ0n) is 9.24. The first-order valence-electron chi connectivity index (χ1n) is 5.43. The quantitative estimate of drug-likeness (QED) is 0.771. The third-order valence-electron chi connectivity index (χ3n) is 2.49. The van der Waals surface area contributed by atoms with Gasteiger partial charge >= 0.3 is 0 Å². The van der Waals surface area contributed by atoms with Gasteiger partial charge in [0, 0.05) is 0 Å². The van der Waals surface area contributed by atoms with E-state index in [0.717, 1.165) is 0 Å². The maximum Gasteiger partial charge on any atom is 0.0714 e. The molecule has 1 aromatic heterocycles. The second kappa shape index (κ2) is 4.90. The predicted molar refractivity (Wildman–Crippen MR) is 81.2 cm³/mol. The SMILES string of the molecule is C1=CC=S(c2ccc(S3=CC=CC=C3)[nH]2)C=C1. The Labute approximate surface area is 106 Å². The lowest BCUT2D eigenvalue weighted by molar-refractivity contribution is 1.09. The van der Waals surface area contributed by atoms with E-state index in [1.165, 1.54) is 10.1 Å². The van der Waals surface area contributed by atoms with Gasteiger partial charge in [-0.3, -0.25) is 0 Å². The minimum atomic E-state index is 0.109. The fourth-order valence-corrected chi connectivity index (χ4v) is 4.44. The highest BCUT2D eigenvalue weighted by Gasteiger charge is 2.03. The Kier molecular flexibility index (Phi) is 3.12. The molecule has 0 amide bonds. The van der Waals surface area contributed by atoms with Gasteiger partial charge in [-0.2, -0.15) is 0 Å². The first kappa shape index (κ1) is 10.8. The van der Waals surface area contributed by atoms with Crippen LogP contribution in [0.1, 0.15) is 0 Å². The number of hydrogen-bond acceptors (Lipinski definition) is 0. The predicted octanol–water partition coefficient (Wildman–Crippen LogP) is 4.04. The Bertz CT molecular complexity index is 557. The lowest BCUT2D eigenvalue weighted by Gasteiger charge is -2.04. The van der Waals surface area contributed by atoms with E-state index in [1.807, 2.05) is 0 Å². The lowest BCUT2D eigenvalue weighted by atomic mass is 10.5. The summed E-state index contributed by atoms with van der Waals surface area (Å²) in [5.41, 5.74) is 0. The maximum atomic E-state index is 3.54. The Balaban J connectivity index is 1.93. The van der Waals surface area contributed by atoms with Crippen LogP contribution in [-0.4, -0.2) is 15.7 Å². The van der Waals surface area contributed by atoms with Crippen molar-refractivity contribution in [2.24, 2.45) is 0 Å². The topological polar surface area (TPSA) is 15.8 Å². The van der Waals surface area contributed by atoms with Crippen molar-refractivity contribution in [1.82, 2.24) is 4.98 Å². The first-order valence-corrected chi connectivity index (χ1v) is 8.13. The molecule has 0 saturated heterocycles. The van der Waals surface area contributed by atoms with Crippen molar-refractivity contribution >= 4 is 31.7 Å². The van der Waals surface area contributed by atoms with Crippen LogP contribution in [0.2, 0.25) is 0 Å². The molecule has 2 aliphatic heterocycles. The van der Waals surface area contributed by atoms with Crippen molar-refractivity contribution < 1.29 is 0 Å². The van der Waals surface area contributed by atoms with Crippen LogP contribution in [0, 0.1) is 0 Å². The minimum Gasteiger partial charge on any atom is -0.345 e. The molecule has 3 rings (SSSR count). The van der Waals surface area contributed by atoms with E-state index in [0.29, 0.717) is 0 Å². The third-order valence-corrected chi connectivity index (χ3v) is 5.78. The number of H-pyrrole nitrogens is 1. The average Bonchev–Trinajstić information content (AvgIpc) is 2.90. The smallest absolute Gasteiger partial charge is 0.0714 e. The molecule has 3 heteroatoms. The zero-order valence-corrected chi connectivity index (χ0v) is 10.9. The number of aromatic nitrogens is 1. The summed E-state index contributed by atoms with van der Waals surface area (Å²) in [6.07, 6.45) is 12.6. The van der Waals surface area contributed by atoms with Gasteiger partial charge in [0.25, 0.3) is 0 Å². The molecule has 0 aromatic carbocycles. The van der Waals surface area contributed by atoms with Gasteiger partial charge in [-0.15, -0.1) is 21.0 Å². The molecule has 1 N–H and O–H groups in total. The standard InChI is InChI=1S/C14H13NS2/c1-3-9-16(10-4-1)13-7-8-14(15-13)17-11-5-2-6-12-17/h1-12,15H. The molecule has 0 aliphatic carbocycles. The third kappa shape index (κ3) is 2.35. The van der Waals surface area contributed by atoms with Crippen LogP contribution in [0.15, 0.2) is 69.5 Å². The molecule has 2 aliphatic rings. The Morgan fingerprint density at radius 1 is 0.647 bits per heavy atom. The average molecular weight is 259 g/mol. The number of rotatable bonds is 2. The van der Waals surface area contributed by atoms with Crippen molar-refractivity contribution in [3.63, 3.8) is 0 Å². The Morgan fingerprint density at radius 3 is 1.59 bits per heavy atom. The molecule has 2 unspecified atom stereocenters. The summed E-state index contributed by atoms with van der Waals surface area (Å²) in [6.45, 7) is 0. The molecule has 2 atom stereocenters. The van der Waals surface area contributed by atoms with Crippen molar-refractivity contribution in [3.05, 3.63) is 59.4 Å². The summed E-state index contributed by atoms with van der Waals surface area (Å²) < 4.78 is 0. The van der Waals surface area contributed by atoms with Crippen LogP contribution < -0.4 is 0 Å². The van der Waals surface area contributed by atoms with E-state index in [2.05, 4.69) is 75.1 Å². The highest BCUT2D eigenvalue weighted by Crippen LogP contribution is 2.34. The number of allylic oxidation sites excluding steroid dienone is 6. The summed E-state index contributed by atoms with van der Waals surface area (Å²) in [4.78, 5) is 3.54. The van der Waals surface area contributed by atoms with Crippen LogP contribution >= 0.6 is 21.0 Å². The summed E-state index contributed by atoms with van der Waals surface area (Å²) >= 11 is 0. The second-order valence-electron chi connectivity index (χ2n) is 3.63. The van der Waals surface area contributed by atoms with Gasteiger partial charge in [0.15, 0.2) is 0 Å². The fraction of sp³-hybridized carbons (Fsp3) is 0. The van der Waals surface area contributed by atoms with Crippen LogP contribution in [-0.2, 0) is 0 Å². The molecule has 0 fully saturated rings. The largest absolute Gasteiger partial charge is 0.345 e. The van der Waals surface area contributed by atoms with Gasteiger partial charge in [0.1, 0.15) is 0 Å². The molecule has 1 aromatic rings. The second-order valence-corrected chi connectivity index (χ2v) is 7.08. The van der Waals surface area contributed by atoms with Gasteiger partial charge in [0.2, 0.25) is 0 Å². The molecule has 3 heterocycles. The van der Waals surface area contributed by atoms with Crippen molar-refractivity contribution in [1.29, 1.82) is 0 Å². The Hall–Kier alpha value is -1.32.